The minimum Gasteiger partial charge on any atom is -0.207 e. The molecule has 0 atom stereocenters. The van der Waals surface area contributed by atoms with E-state index in [2.05, 4.69) is 4.40 Å². The number of aryl methyl sites for hydroxylation is 1. The van der Waals surface area contributed by atoms with Crippen molar-refractivity contribution in [3.05, 3.63) is 65.5 Å². The molecule has 0 spiro atoms. The van der Waals surface area contributed by atoms with E-state index in [0.29, 0.717) is 5.56 Å². The van der Waals surface area contributed by atoms with E-state index in [4.69, 9.17) is 0 Å². The van der Waals surface area contributed by atoms with Crippen LogP contribution in [0.25, 0.3) is 0 Å². The van der Waals surface area contributed by atoms with Gasteiger partial charge in [0.15, 0.2) is 0 Å². The van der Waals surface area contributed by atoms with E-state index in [1.165, 1.54) is 30.3 Å². The largest absolute Gasteiger partial charge is 0.282 e. The number of rotatable bonds is 3. The van der Waals surface area contributed by atoms with E-state index in [9.17, 15) is 12.8 Å². The third-order valence-electron chi connectivity index (χ3n) is 2.51. The highest BCUT2D eigenvalue weighted by atomic mass is 32.2. The minimum absolute atomic E-state index is 0.116. The number of sulfonamides is 1. The van der Waals surface area contributed by atoms with Gasteiger partial charge < -0.3 is 0 Å². The number of benzene rings is 2. The molecule has 2 aromatic rings. The molecule has 0 saturated heterocycles. The Bertz CT molecular complexity index is 706. The fraction of sp³-hybridized carbons (Fsp3) is 0.0714. The lowest BCUT2D eigenvalue weighted by atomic mass is 10.2. The number of hydrogen-bond donors (Lipinski definition) is 0. The highest BCUT2D eigenvalue weighted by Crippen LogP contribution is 2.13. The average molecular weight is 277 g/mol. The molecule has 5 heteroatoms. The van der Waals surface area contributed by atoms with Gasteiger partial charge in [0.25, 0.3) is 10.0 Å². The van der Waals surface area contributed by atoms with E-state index in [-0.39, 0.29) is 4.90 Å². The third-order valence-corrected chi connectivity index (χ3v) is 3.76. The first kappa shape index (κ1) is 13.4. The van der Waals surface area contributed by atoms with E-state index >= 15 is 0 Å². The van der Waals surface area contributed by atoms with Crippen LogP contribution in [0.2, 0.25) is 0 Å². The third kappa shape index (κ3) is 3.48. The second kappa shape index (κ2) is 5.32. The lowest BCUT2D eigenvalue weighted by molar-refractivity contribution is 0.598. The Morgan fingerprint density at radius 1 is 1.11 bits per heavy atom. The fourth-order valence-corrected chi connectivity index (χ4v) is 2.35. The van der Waals surface area contributed by atoms with Gasteiger partial charge in [-0.3, -0.25) is 0 Å². The molecule has 0 aliphatic heterocycles. The number of nitrogens with zero attached hydrogens (tertiary/aromatic N) is 1. The predicted octanol–water partition coefficient (Wildman–Crippen LogP) is 2.94. The topological polar surface area (TPSA) is 46.5 Å². The van der Waals surface area contributed by atoms with Gasteiger partial charge in [-0.15, -0.1) is 0 Å². The van der Waals surface area contributed by atoms with Crippen LogP contribution in [0.3, 0.4) is 0 Å². The van der Waals surface area contributed by atoms with Gasteiger partial charge in [-0.2, -0.15) is 12.8 Å². The second-order valence-electron chi connectivity index (χ2n) is 4.08. The van der Waals surface area contributed by atoms with Crippen molar-refractivity contribution in [1.82, 2.24) is 0 Å². The van der Waals surface area contributed by atoms with Crippen LogP contribution in [0.15, 0.2) is 57.8 Å². The number of halogens is 1. The summed E-state index contributed by atoms with van der Waals surface area (Å²) in [6.07, 6.45) is 1.14. The Labute approximate surface area is 111 Å². The van der Waals surface area contributed by atoms with Crippen LogP contribution in [-0.4, -0.2) is 14.6 Å². The van der Waals surface area contributed by atoms with Crippen LogP contribution in [0.1, 0.15) is 11.1 Å². The van der Waals surface area contributed by atoms with Crippen molar-refractivity contribution < 1.29 is 12.8 Å². The Morgan fingerprint density at radius 3 is 2.42 bits per heavy atom. The Kier molecular flexibility index (Phi) is 3.76. The normalized spacial score (nSPS) is 11.9. The highest BCUT2D eigenvalue weighted by Gasteiger charge is 2.10. The van der Waals surface area contributed by atoms with Crippen molar-refractivity contribution in [2.24, 2.45) is 4.40 Å². The lowest BCUT2D eigenvalue weighted by Crippen LogP contribution is -1.97. The maximum Gasteiger partial charge on any atom is 0.282 e. The zero-order chi connectivity index (χ0) is 13.9. The minimum atomic E-state index is -3.74. The van der Waals surface area contributed by atoms with Gasteiger partial charge in [0.2, 0.25) is 0 Å². The molecule has 3 nitrogen and oxygen atoms in total. The van der Waals surface area contributed by atoms with Crippen LogP contribution in [0.4, 0.5) is 4.39 Å². The SMILES string of the molecule is Cc1ccc(S(=O)(=O)N=Cc2cccc(F)c2)cc1. The molecule has 0 aliphatic rings. The maximum absolute atomic E-state index is 12.9. The first-order valence-electron chi connectivity index (χ1n) is 5.60. The van der Waals surface area contributed by atoms with Gasteiger partial charge >= 0.3 is 0 Å². The van der Waals surface area contributed by atoms with Gasteiger partial charge in [-0.1, -0.05) is 29.8 Å². The van der Waals surface area contributed by atoms with Gasteiger partial charge in [-0.25, -0.2) is 4.39 Å². The lowest BCUT2D eigenvalue weighted by Gasteiger charge is -1.99. The summed E-state index contributed by atoms with van der Waals surface area (Å²) in [6.45, 7) is 1.87. The molecule has 0 N–H and O–H groups in total. The standard InChI is InChI=1S/C14H12FNO2S/c1-11-5-7-14(8-6-11)19(17,18)16-10-12-3-2-4-13(15)9-12/h2-10H,1H3. The molecule has 98 valence electrons. The van der Waals surface area contributed by atoms with E-state index < -0.39 is 15.8 Å². The maximum atomic E-state index is 12.9. The molecule has 2 rings (SSSR count). The quantitative estimate of drug-likeness (QED) is 0.810. The van der Waals surface area contributed by atoms with Gasteiger partial charge in [0.05, 0.1) is 4.90 Å². The Balaban J connectivity index is 2.29. The van der Waals surface area contributed by atoms with E-state index in [1.807, 2.05) is 6.92 Å². The molecule has 0 radical (unpaired) electrons. The van der Waals surface area contributed by atoms with Crippen molar-refractivity contribution in [3.8, 4) is 0 Å². The number of hydrogen-bond acceptors (Lipinski definition) is 2. The van der Waals surface area contributed by atoms with Gasteiger partial charge in [0.1, 0.15) is 5.82 Å². The summed E-state index contributed by atoms with van der Waals surface area (Å²) in [7, 11) is -3.74. The van der Waals surface area contributed by atoms with Crippen molar-refractivity contribution in [2.45, 2.75) is 11.8 Å². The van der Waals surface area contributed by atoms with Crippen LogP contribution in [0, 0.1) is 12.7 Å². The Hall–Kier alpha value is -2.01. The molecule has 2 aromatic carbocycles. The summed E-state index contributed by atoms with van der Waals surface area (Å²) in [4.78, 5) is 0.116. The van der Waals surface area contributed by atoms with Crippen LogP contribution in [-0.2, 0) is 10.0 Å². The molecule has 0 aromatic heterocycles. The van der Waals surface area contributed by atoms with Crippen LogP contribution < -0.4 is 0 Å². The molecule has 19 heavy (non-hydrogen) atoms. The van der Waals surface area contributed by atoms with E-state index in [1.54, 1.807) is 18.2 Å². The molecule has 0 unspecified atom stereocenters. The highest BCUT2D eigenvalue weighted by molar-refractivity contribution is 7.90. The van der Waals surface area contributed by atoms with Crippen molar-refractivity contribution in [3.63, 3.8) is 0 Å². The molecule has 0 heterocycles. The smallest absolute Gasteiger partial charge is 0.207 e. The summed E-state index contributed by atoms with van der Waals surface area (Å²) in [5.74, 6) is -0.434. The average Bonchev–Trinajstić information content (AvgIpc) is 2.37. The first-order valence-corrected chi connectivity index (χ1v) is 7.04. The van der Waals surface area contributed by atoms with Gasteiger partial charge in [0, 0.05) is 6.21 Å². The molecular formula is C14H12FNO2S. The summed E-state index contributed by atoms with van der Waals surface area (Å²) in [5.41, 5.74) is 1.36. The fourth-order valence-electron chi connectivity index (χ4n) is 1.49. The van der Waals surface area contributed by atoms with Crippen molar-refractivity contribution in [2.75, 3.05) is 0 Å². The molecular weight excluding hydrogens is 265 g/mol. The van der Waals surface area contributed by atoms with Crippen molar-refractivity contribution in [1.29, 1.82) is 0 Å². The zero-order valence-corrected chi connectivity index (χ0v) is 11.1. The first-order chi connectivity index (χ1) is 8.97. The summed E-state index contributed by atoms with van der Waals surface area (Å²) < 4.78 is 40.3. The summed E-state index contributed by atoms with van der Waals surface area (Å²) in [6, 6.07) is 12.0. The molecule has 0 amide bonds. The summed E-state index contributed by atoms with van der Waals surface area (Å²) in [5, 5.41) is 0. The van der Waals surface area contributed by atoms with E-state index in [0.717, 1.165) is 11.8 Å². The molecule has 0 saturated carbocycles. The monoisotopic (exact) mass is 277 g/mol. The predicted molar refractivity (Wildman–Crippen MR) is 72.4 cm³/mol. The molecule has 0 aliphatic carbocycles. The van der Waals surface area contributed by atoms with Gasteiger partial charge in [-0.05, 0) is 36.8 Å². The van der Waals surface area contributed by atoms with Crippen molar-refractivity contribution >= 4 is 16.2 Å². The summed E-state index contributed by atoms with van der Waals surface area (Å²) >= 11 is 0. The van der Waals surface area contributed by atoms with Crippen LogP contribution in [0.5, 0.6) is 0 Å². The Morgan fingerprint density at radius 2 is 1.79 bits per heavy atom. The molecule has 0 bridgehead atoms. The zero-order valence-electron chi connectivity index (χ0n) is 10.2. The molecule has 0 fully saturated rings. The van der Waals surface area contributed by atoms with Crippen LogP contribution >= 0.6 is 0 Å². The second-order valence-corrected chi connectivity index (χ2v) is 5.71.